The predicted octanol–water partition coefficient (Wildman–Crippen LogP) is 2.38. The van der Waals surface area contributed by atoms with Crippen molar-refractivity contribution in [2.45, 2.75) is 33.0 Å². The van der Waals surface area contributed by atoms with E-state index >= 15 is 0 Å². The summed E-state index contributed by atoms with van der Waals surface area (Å²) >= 11 is 0. The third-order valence-electron chi connectivity index (χ3n) is 1.22. The third kappa shape index (κ3) is 9.08. The molecule has 0 saturated heterocycles. The van der Waals surface area contributed by atoms with Crippen molar-refractivity contribution >= 4 is 14.0 Å². The van der Waals surface area contributed by atoms with Crippen LogP contribution in [-0.2, 0) is 9.53 Å². The van der Waals surface area contributed by atoms with Crippen molar-refractivity contribution in [3.8, 4) is 11.5 Å². The molecule has 2 nitrogen and oxygen atoms in total. The van der Waals surface area contributed by atoms with E-state index in [-0.39, 0.29) is 5.97 Å². The van der Waals surface area contributed by atoms with Crippen LogP contribution in [0.4, 0.5) is 0 Å². The van der Waals surface area contributed by atoms with Gasteiger partial charge in [0.25, 0.3) is 0 Å². The first-order valence-corrected chi connectivity index (χ1v) is 8.29. The lowest BCUT2D eigenvalue weighted by molar-refractivity contribution is -0.137. The number of esters is 1. The largest absolute Gasteiger partial charge is 0.463 e. The van der Waals surface area contributed by atoms with Gasteiger partial charge < -0.3 is 4.74 Å². The molecule has 0 aromatic rings. The lowest BCUT2D eigenvalue weighted by Gasteiger charge is -2.02. The fourth-order valence-corrected chi connectivity index (χ4v) is 1.35. The maximum absolute atomic E-state index is 10.9. The SMILES string of the molecule is CCOC(=O)/C=C/CC#C[Si](C)(C)C. The van der Waals surface area contributed by atoms with Crippen molar-refractivity contribution in [2.75, 3.05) is 6.61 Å². The Bertz CT molecular complexity index is 263. The van der Waals surface area contributed by atoms with Crippen LogP contribution in [0.5, 0.6) is 0 Å². The summed E-state index contributed by atoms with van der Waals surface area (Å²) in [6.07, 6.45) is 3.80. The molecule has 0 heterocycles. The van der Waals surface area contributed by atoms with Crippen LogP contribution in [0.1, 0.15) is 13.3 Å². The molecular weight excluding hydrogens is 192 g/mol. The van der Waals surface area contributed by atoms with Crippen LogP contribution in [0, 0.1) is 11.5 Å². The highest BCUT2D eigenvalue weighted by molar-refractivity contribution is 6.83. The number of hydrogen-bond acceptors (Lipinski definition) is 2. The summed E-state index contributed by atoms with van der Waals surface area (Å²) in [6, 6.07) is 0. The molecule has 0 aliphatic heterocycles. The number of carbonyl (C=O) groups excluding carboxylic acids is 1. The minimum absolute atomic E-state index is 0.290. The van der Waals surface area contributed by atoms with Crippen molar-refractivity contribution in [3.63, 3.8) is 0 Å². The Kier molecular flexibility index (Phi) is 5.98. The van der Waals surface area contributed by atoms with E-state index in [1.807, 2.05) is 0 Å². The number of allylic oxidation sites excluding steroid dienone is 1. The first kappa shape index (κ1) is 13.0. The van der Waals surface area contributed by atoms with Gasteiger partial charge in [0.2, 0.25) is 0 Å². The molecule has 0 spiro atoms. The van der Waals surface area contributed by atoms with Gasteiger partial charge in [-0.25, -0.2) is 4.79 Å². The maximum Gasteiger partial charge on any atom is 0.330 e. The minimum atomic E-state index is -1.26. The molecule has 0 fully saturated rings. The summed E-state index contributed by atoms with van der Waals surface area (Å²) in [5.74, 6) is 2.75. The normalized spacial score (nSPS) is 10.9. The highest BCUT2D eigenvalue weighted by atomic mass is 28.3. The molecule has 0 unspecified atom stereocenters. The molecule has 0 N–H and O–H groups in total. The molecule has 0 aliphatic rings. The Balaban J connectivity index is 3.83. The summed E-state index contributed by atoms with van der Waals surface area (Å²) < 4.78 is 4.72. The first-order valence-electron chi connectivity index (χ1n) is 4.79. The average molecular weight is 210 g/mol. The number of carbonyl (C=O) groups is 1. The lowest BCUT2D eigenvalue weighted by Crippen LogP contribution is -2.16. The van der Waals surface area contributed by atoms with Gasteiger partial charge in [-0.15, -0.1) is 11.5 Å². The van der Waals surface area contributed by atoms with Crippen LogP contribution in [0.2, 0.25) is 19.6 Å². The maximum atomic E-state index is 10.9. The lowest BCUT2D eigenvalue weighted by atomic mass is 10.4. The Labute approximate surface area is 87.4 Å². The van der Waals surface area contributed by atoms with E-state index in [0.717, 1.165) is 0 Å². The molecular formula is C11H18O2Si. The fourth-order valence-electron chi connectivity index (χ4n) is 0.721. The Morgan fingerprint density at radius 1 is 1.43 bits per heavy atom. The molecule has 0 rings (SSSR count). The predicted molar refractivity (Wildman–Crippen MR) is 61.5 cm³/mol. The van der Waals surface area contributed by atoms with Gasteiger partial charge in [-0.1, -0.05) is 25.7 Å². The minimum Gasteiger partial charge on any atom is -0.463 e. The van der Waals surface area contributed by atoms with Crippen LogP contribution in [0.25, 0.3) is 0 Å². The second kappa shape index (κ2) is 6.44. The molecule has 0 aromatic heterocycles. The van der Waals surface area contributed by atoms with Crippen LogP contribution >= 0.6 is 0 Å². The van der Waals surface area contributed by atoms with Crippen molar-refractivity contribution in [3.05, 3.63) is 12.2 Å². The topological polar surface area (TPSA) is 26.3 Å². The van der Waals surface area contributed by atoms with Gasteiger partial charge in [-0.3, -0.25) is 0 Å². The molecule has 0 atom stereocenters. The van der Waals surface area contributed by atoms with Gasteiger partial charge in [0, 0.05) is 12.5 Å². The Hall–Kier alpha value is -1.01. The van der Waals surface area contributed by atoms with Crippen molar-refractivity contribution in [1.29, 1.82) is 0 Å². The van der Waals surface area contributed by atoms with Crippen LogP contribution in [-0.4, -0.2) is 20.7 Å². The second-order valence-electron chi connectivity index (χ2n) is 3.91. The third-order valence-corrected chi connectivity index (χ3v) is 2.15. The Morgan fingerprint density at radius 3 is 2.57 bits per heavy atom. The second-order valence-corrected chi connectivity index (χ2v) is 8.66. The van der Waals surface area contributed by atoms with Crippen LogP contribution in [0.3, 0.4) is 0 Å². The number of ether oxygens (including phenoxy) is 1. The first-order chi connectivity index (χ1) is 6.45. The fraction of sp³-hybridized carbons (Fsp3) is 0.545. The smallest absolute Gasteiger partial charge is 0.330 e. The summed E-state index contributed by atoms with van der Waals surface area (Å²) in [5.41, 5.74) is 3.21. The van der Waals surface area contributed by atoms with Crippen molar-refractivity contribution < 1.29 is 9.53 Å². The zero-order valence-electron chi connectivity index (χ0n) is 9.39. The zero-order valence-corrected chi connectivity index (χ0v) is 10.4. The highest BCUT2D eigenvalue weighted by Gasteiger charge is 2.06. The van der Waals surface area contributed by atoms with E-state index in [9.17, 15) is 4.79 Å². The van der Waals surface area contributed by atoms with Gasteiger partial charge in [0.15, 0.2) is 0 Å². The summed E-state index contributed by atoms with van der Waals surface area (Å²) in [5, 5.41) is 0. The molecule has 0 aliphatic carbocycles. The summed E-state index contributed by atoms with van der Waals surface area (Å²) in [4.78, 5) is 10.9. The van der Waals surface area contributed by atoms with E-state index in [1.54, 1.807) is 13.0 Å². The monoisotopic (exact) mass is 210 g/mol. The Morgan fingerprint density at radius 2 is 2.07 bits per heavy atom. The van der Waals surface area contributed by atoms with Crippen molar-refractivity contribution in [1.82, 2.24) is 0 Å². The summed E-state index contributed by atoms with van der Waals surface area (Å²) in [7, 11) is -1.26. The molecule has 14 heavy (non-hydrogen) atoms. The van der Waals surface area contributed by atoms with E-state index in [4.69, 9.17) is 4.74 Å². The molecule has 0 radical (unpaired) electrons. The molecule has 0 aromatic carbocycles. The molecule has 0 amide bonds. The van der Waals surface area contributed by atoms with Crippen molar-refractivity contribution in [2.24, 2.45) is 0 Å². The van der Waals surface area contributed by atoms with Crippen LogP contribution in [0.15, 0.2) is 12.2 Å². The van der Waals surface area contributed by atoms with E-state index in [0.29, 0.717) is 13.0 Å². The zero-order chi connectivity index (χ0) is 11.0. The number of hydrogen-bond donors (Lipinski definition) is 0. The average Bonchev–Trinajstić information content (AvgIpc) is 2.02. The quantitative estimate of drug-likeness (QED) is 0.309. The standard InChI is InChI=1S/C11H18O2Si/c1-5-13-11(12)9-7-6-8-10-14(2,3)4/h7,9H,5-6H2,1-4H3/b9-7+. The van der Waals surface area contributed by atoms with E-state index in [1.165, 1.54) is 6.08 Å². The van der Waals surface area contributed by atoms with Gasteiger partial charge >= 0.3 is 5.97 Å². The molecule has 3 heteroatoms. The van der Waals surface area contributed by atoms with Gasteiger partial charge in [-0.2, -0.15) is 0 Å². The van der Waals surface area contributed by atoms with E-state index in [2.05, 4.69) is 31.1 Å². The molecule has 78 valence electrons. The van der Waals surface area contributed by atoms with Gasteiger partial charge in [-0.05, 0) is 6.92 Å². The van der Waals surface area contributed by atoms with Crippen LogP contribution < -0.4 is 0 Å². The summed E-state index contributed by atoms with van der Waals surface area (Å²) in [6.45, 7) is 8.78. The van der Waals surface area contributed by atoms with E-state index < -0.39 is 8.07 Å². The molecule has 0 saturated carbocycles. The van der Waals surface area contributed by atoms with Gasteiger partial charge in [0.1, 0.15) is 8.07 Å². The highest BCUT2D eigenvalue weighted by Crippen LogP contribution is 1.96. The van der Waals surface area contributed by atoms with Gasteiger partial charge in [0.05, 0.1) is 6.61 Å². The number of rotatable bonds is 3. The molecule has 0 bridgehead atoms.